The number of anilines is 1. The average Bonchev–Trinajstić information content (AvgIpc) is 3.28. The van der Waals surface area contributed by atoms with Crippen LogP contribution in [0.4, 0.5) is 5.82 Å². The summed E-state index contributed by atoms with van der Waals surface area (Å²) >= 11 is 1.58. The van der Waals surface area contributed by atoms with E-state index in [4.69, 9.17) is 0 Å². The number of hydrogen-bond acceptors (Lipinski definition) is 7. The Bertz CT molecular complexity index is 1320. The van der Waals surface area contributed by atoms with Gasteiger partial charge in [0.2, 0.25) is 5.91 Å². The Kier molecular flexibility index (Phi) is 5.47. The number of rotatable bonds is 5. The van der Waals surface area contributed by atoms with Crippen molar-refractivity contribution in [2.24, 2.45) is 0 Å². The number of carbonyl (C=O) groups is 1. The first kappa shape index (κ1) is 20.6. The van der Waals surface area contributed by atoms with Crippen molar-refractivity contribution in [2.45, 2.75) is 34.2 Å². The van der Waals surface area contributed by atoms with E-state index in [9.17, 15) is 9.59 Å². The minimum Gasteiger partial charge on any atom is -0.309 e. The molecular formula is C21H21N7O2S. The van der Waals surface area contributed by atoms with Gasteiger partial charge in [0.25, 0.3) is 11.5 Å². The zero-order valence-electron chi connectivity index (χ0n) is 17.6. The molecule has 9 nitrogen and oxygen atoms in total. The summed E-state index contributed by atoms with van der Waals surface area (Å²) in [6.07, 6.45) is 0. The summed E-state index contributed by atoms with van der Waals surface area (Å²) in [6, 6.07) is 10.6. The topological polar surface area (TPSA) is 108 Å². The van der Waals surface area contributed by atoms with Crippen LogP contribution in [-0.2, 0) is 11.3 Å². The van der Waals surface area contributed by atoms with Crippen molar-refractivity contribution in [3.05, 3.63) is 68.7 Å². The van der Waals surface area contributed by atoms with E-state index in [1.807, 2.05) is 45.9 Å². The highest BCUT2D eigenvalue weighted by Crippen LogP contribution is 2.25. The Morgan fingerprint density at radius 1 is 0.968 bits per heavy atom. The van der Waals surface area contributed by atoms with Gasteiger partial charge in [-0.05, 0) is 52.0 Å². The molecule has 0 unspecified atom stereocenters. The van der Waals surface area contributed by atoms with E-state index in [1.54, 1.807) is 23.5 Å². The molecule has 0 saturated heterocycles. The van der Waals surface area contributed by atoms with Crippen molar-refractivity contribution in [1.29, 1.82) is 0 Å². The van der Waals surface area contributed by atoms with Crippen molar-refractivity contribution in [3.63, 3.8) is 0 Å². The van der Waals surface area contributed by atoms with Crippen LogP contribution >= 0.6 is 11.3 Å². The van der Waals surface area contributed by atoms with E-state index in [2.05, 4.69) is 25.5 Å². The van der Waals surface area contributed by atoms with Gasteiger partial charge in [0.1, 0.15) is 18.1 Å². The maximum atomic E-state index is 12.7. The van der Waals surface area contributed by atoms with Gasteiger partial charge in [-0.3, -0.25) is 9.59 Å². The highest BCUT2D eigenvalue weighted by Gasteiger charge is 2.15. The second-order valence-electron chi connectivity index (χ2n) is 7.21. The Morgan fingerprint density at radius 2 is 1.71 bits per heavy atom. The van der Waals surface area contributed by atoms with Crippen LogP contribution in [-0.4, -0.2) is 35.4 Å². The third kappa shape index (κ3) is 4.58. The predicted octanol–water partition coefficient (Wildman–Crippen LogP) is 2.82. The smallest absolute Gasteiger partial charge is 0.267 e. The van der Waals surface area contributed by atoms with Gasteiger partial charge in [-0.25, -0.2) is 14.6 Å². The SMILES string of the molecule is Cc1cc(C)nc(-n2nc(C)cc2NC(=O)Cn2nc(-c3ccc(C)s3)ccc2=O)n1. The highest BCUT2D eigenvalue weighted by atomic mass is 32.1. The van der Waals surface area contributed by atoms with Gasteiger partial charge in [0, 0.05) is 28.4 Å². The molecule has 0 aliphatic rings. The van der Waals surface area contributed by atoms with E-state index in [-0.39, 0.29) is 12.1 Å². The minimum absolute atomic E-state index is 0.227. The lowest BCUT2D eigenvalue weighted by Crippen LogP contribution is -2.29. The van der Waals surface area contributed by atoms with Crippen LogP contribution in [0.1, 0.15) is 22.0 Å². The fourth-order valence-electron chi connectivity index (χ4n) is 3.13. The van der Waals surface area contributed by atoms with Crippen LogP contribution in [0.15, 0.2) is 41.2 Å². The molecule has 0 saturated carbocycles. The predicted molar refractivity (Wildman–Crippen MR) is 119 cm³/mol. The highest BCUT2D eigenvalue weighted by molar-refractivity contribution is 7.15. The maximum absolute atomic E-state index is 12.7. The van der Waals surface area contributed by atoms with Gasteiger partial charge in [0.05, 0.1) is 10.6 Å². The van der Waals surface area contributed by atoms with E-state index in [0.717, 1.165) is 25.8 Å². The molecule has 0 atom stereocenters. The summed E-state index contributed by atoms with van der Waals surface area (Å²) in [5, 5.41) is 11.5. The lowest BCUT2D eigenvalue weighted by Gasteiger charge is -2.10. The fraction of sp³-hybridized carbons (Fsp3) is 0.238. The number of hydrogen-bond donors (Lipinski definition) is 1. The Hall–Kier alpha value is -3.66. The van der Waals surface area contributed by atoms with E-state index in [0.29, 0.717) is 23.2 Å². The van der Waals surface area contributed by atoms with Gasteiger partial charge in [0.15, 0.2) is 0 Å². The summed E-state index contributed by atoms with van der Waals surface area (Å²) in [6.45, 7) is 7.32. The Balaban J connectivity index is 1.58. The van der Waals surface area contributed by atoms with Crippen LogP contribution in [0.25, 0.3) is 16.5 Å². The second-order valence-corrected chi connectivity index (χ2v) is 8.49. The van der Waals surface area contributed by atoms with Gasteiger partial charge in [-0.2, -0.15) is 14.9 Å². The van der Waals surface area contributed by atoms with Crippen LogP contribution in [0.3, 0.4) is 0 Å². The normalized spacial score (nSPS) is 11.0. The van der Waals surface area contributed by atoms with Crippen molar-refractivity contribution < 1.29 is 4.79 Å². The first-order valence-corrected chi connectivity index (χ1v) is 10.4. The summed E-state index contributed by atoms with van der Waals surface area (Å²) in [5.74, 6) is 0.386. The van der Waals surface area contributed by atoms with Crippen molar-refractivity contribution in [3.8, 4) is 16.5 Å². The fourth-order valence-corrected chi connectivity index (χ4v) is 3.96. The molecule has 0 radical (unpaired) electrons. The zero-order valence-corrected chi connectivity index (χ0v) is 18.4. The first-order valence-electron chi connectivity index (χ1n) is 9.62. The van der Waals surface area contributed by atoms with Gasteiger partial charge in [-0.15, -0.1) is 11.3 Å². The largest absolute Gasteiger partial charge is 0.309 e. The Labute approximate surface area is 182 Å². The van der Waals surface area contributed by atoms with Gasteiger partial charge >= 0.3 is 0 Å². The quantitative estimate of drug-likeness (QED) is 0.516. The number of aromatic nitrogens is 6. The Morgan fingerprint density at radius 3 is 2.39 bits per heavy atom. The van der Waals surface area contributed by atoms with Crippen molar-refractivity contribution >= 4 is 23.1 Å². The number of aryl methyl sites for hydroxylation is 4. The molecule has 1 N–H and O–H groups in total. The molecule has 1 amide bonds. The zero-order chi connectivity index (χ0) is 22.1. The summed E-state index contributed by atoms with van der Waals surface area (Å²) < 4.78 is 2.63. The lowest BCUT2D eigenvalue weighted by atomic mass is 10.3. The van der Waals surface area contributed by atoms with Gasteiger partial charge < -0.3 is 5.32 Å². The minimum atomic E-state index is -0.403. The maximum Gasteiger partial charge on any atom is 0.267 e. The molecule has 0 aromatic carbocycles. The number of carbonyl (C=O) groups excluding carboxylic acids is 1. The summed E-state index contributed by atoms with van der Waals surface area (Å²) in [7, 11) is 0. The number of nitrogens with zero attached hydrogens (tertiary/aromatic N) is 6. The standard InChI is InChI=1S/C21H21N7O2S/c1-12-9-13(2)23-21(22-12)28-18(10-14(3)25-28)24-19(29)11-27-20(30)8-6-16(26-27)17-7-5-15(4)31-17/h5-10H,11H2,1-4H3,(H,24,29). The second kappa shape index (κ2) is 8.23. The number of thiophene rings is 1. The number of amides is 1. The number of nitrogens with one attached hydrogen (secondary N) is 1. The molecule has 4 heterocycles. The lowest BCUT2D eigenvalue weighted by molar-refractivity contribution is -0.117. The third-order valence-electron chi connectivity index (χ3n) is 4.41. The molecule has 10 heteroatoms. The summed E-state index contributed by atoms with van der Waals surface area (Å²) in [5.41, 5.74) is 2.58. The molecule has 4 rings (SSSR count). The molecule has 31 heavy (non-hydrogen) atoms. The molecule has 0 aliphatic heterocycles. The van der Waals surface area contributed by atoms with E-state index >= 15 is 0 Å². The van der Waals surface area contributed by atoms with E-state index < -0.39 is 5.91 Å². The molecule has 0 fully saturated rings. The molecule has 158 valence electrons. The average molecular weight is 436 g/mol. The third-order valence-corrected chi connectivity index (χ3v) is 5.43. The molecule has 0 aliphatic carbocycles. The van der Waals surface area contributed by atoms with Crippen LogP contribution < -0.4 is 10.9 Å². The van der Waals surface area contributed by atoms with Crippen LogP contribution in [0.5, 0.6) is 0 Å². The molecule has 0 spiro atoms. The van der Waals surface area contributed by atoms with Crippen LogP contribution in [0, 0.1) is 27.7 Å². The monoisotopic (exact) mass is 435 g/mol. The molecule has 0 bridgehead atoms. The van der Waals surface area contributed by atoms with Crippen molar-refractivity contribution in [2.75, 3.05) is 5.32 Å². The molecular weight excluding hydrogens is 414 g/mol. The van der Waals surface area contributed by atoms with Gasteiger partial charge in [-0.1, -0.05) is 0 Å². The van der Waals surface area contributed by atoms with E-state index in [1.165, 1.54) is 10.7 Å². The molecule has 4 aromatic rings. The summed E-state index contributed by atoms with van der Waals surface area (Å²) in [4.78, 5) is 35.9. The van der Waals surface area contributed by atoms with Crippen molar-refractivity contribution in [1.82, 2.24) is 29.5 Å². The van der Waals surface area contributed by atoms with Crippen LogP contribution in [0.2, 0.25) is 0 Å². The first-order chi connectivity index (χ1) is 14.8. The molecule has 4 aromatic heterocycles.